The molecule has 1 saturated heterocycles. The third-order valence-corrected chi connectivity index (χ3v) is 3.88. The normalized spacial score (nSPS) is 31.2. The average Bonchev–Trinajstić information content (AvgIpc) is 2.78. The van der Waals surface area contributed by atoms with Crippen molar-refractivity contribution in [3.8, 4) is 0 Å². The lowest BCUT2D eigenvalue weighted by atomic mass is 10.0. The van der Waals surface area contributed by atoms with Gasteiger partial charge in [0.2, 0.25) is 0 Å². The van der Waals surface area contributed by atoms with Crippen LogP contribution in [-0.2, 0) is 4.74 Å². The molecule has 0 saturated carbocycles. The van der Waals surface area contributed by atoms with Gasteiger partial charge in [-0.3, -0.25) is 10.2 Å². The maximum Gasteiger partial charge on any atom is 0.266 e. The minimum atomic E-state index is -1.81. The van der Waals surface area contributed by atoms with E-state index in [4.69, 9.17) is 9.84 Å². The summed E-state index contributed by atoms with van der Waals surface area (Å²) < 4.78 is 5.24. The summed E-state index contributed by atoms with van der Waals surface area (Å²) in [4.78, 5) is 12.5. The maximum atomic E-state index is 12.1. The van der Waals surface area contributed by atoms with Gasteiger partial charge in [-0.25, -0.2) is 0 Å². The number of aliphatic hydroxyl groups is 4. The number of aliphatic hydroxyl groups excluding tert-OH is 4. The number of thiol groups is 1. The second-order valence-electron chi connectivity index (χ2n) is 4.92. The Bertz CT molecular complexity index is 545. The second kappa shape index (κ2) is 6.92. The zero-order valence-electron chi connectivity index (χ0n) is 11.5. The van der Waals surface area contributed by atoms with Crippen LogP contribution in [0.15, 0.2) is 29.2 Å². The van der Waals surface area contributed by atoms with Crippen LogP contribution in [0.1, 0.15) is 10.4 Å². The number of hydrogen-bond donors (Lipinski definition) is 7. The standard InChI is InChI=1S/C13H18N2O6S/c16-5-8-10(18)11(19)13(6-17,21-8)15-14-12(20)7-3-1-2-4-9(7)22/h1-4,8,10-11,15-19,22H,5-6H2,(H,14,20)/t8-,10-,11+,13?/m1/s1. The van der Waals surface area contributed by atoms with Gasteiger partial charge in [-0.05, 0) is 12.1 Å². The van der Waals surface area contributed by atoms with Crippen molar-refractivity contribution in [2.75, 3.05) is 13.2 Å². The Balaban J connectivity index is 2.09. The van der Waals surface area contributed by atoms with Crippen molar-refractivity contribution >= 4 is 18.5 Å². The molecule has 0 aliphatic carbocycles. The second-order valence-corrected chi connectivity index (χ2v) is 5.40. The summed E-state index contributed by atoms with van der Waals surface area (Å²) in [5.41, 5.74) is 3.15. The molecule has 1 aliphatic heterocycles. The molecule has 6 N–H and O–H groups in total. The Morgan fingerprint density at radius 1 is 1.32 bits per heavy atom. The lowest BCUT2D eigenvalue weighted by Gasteiger charge is -2.31. The van der Waals surface area contributed by atoms with Gasteiger partial charge in [0.25, 0.3) is 5.91 Å². The first-order valence-corrected chi connectivity index (χ1v) is 7.01. The lowest BCUT2D eigenvalue weighted by molar-refractivity contribution is -0.143. The zero-order valence-corrected chi connectivity index (χ0v) is 12.4. The van der Waals surface area contributed by atoms with E-state index in [9.17, 15) is 20.1 Å². The number of ether oxygens (including phenoxy) is 1. The lowest BCUT2D eigenvalue weighted by Crippen LogP contribution is -2.63. The summed E-state index contributed by atoms with van der Waals surface area (Å²) in [5.74, 6) is -0.559. The SMILES string of the molecule is O=C(NNC1(CO)O[C@H](CO)[C@@H](O)[C@@H]1O)c1ccccc1S. The molecule has 0 bridgehead atoms. The molecule has 0 aromatic heterocycles. The number of nitrogens with one attached hydrogen (secondary N) is 2. The van der Waals surface area contributed by atoms with E-state index in [1.54, 1.807) is 24.3 Å². The number of carbonyl (C=O) groups is 1. The largest absolute Gasteiger partial charge is 0.394 e. The van der Waals surface area contributed by atoms with Crippen LogP contribution in [0.3, 0.4) is 0 Å². The summed E-state index contributed by atoms with van der Waals surface area (Å²) in [6, 6.07) is 6.55. The van der Waals surface area contributed by atoms with Crippen molar-refractivity contribution in [3.63, 3.8) is 0 Å². The molecule has 1 heterocycles. The van der Waals surface area contributed by atoms with Gasteiger partial charge in [0, 0.05) is 4.90 Å². The Hall–Kier alpha value is -1.20. The molecular formula is C13H18N2O6S. The first-order chi connectivity index (χ1) is 10.4. The van der Waals surface area contributed by atoms with E-state index < -0.39 is 43.2 Å². The van der Waals surface area contributed by atoms with Gasteiger partial charge in [0.05, 0.1) is 18.8 Å². The fourth-order valence-electron chi connectivity index (χ4n) is 2.20. The molecule has 4 atom stereocenters. The Morgan fingerprint density at radius 2 is 2.00 bits per heavy atom. The third kappa shape index (κ3) is 3.10. The highest BCUT2D eigenvalue weighted by atomic mass is 32.1. The molecule has 1 aliphatic rings. The van der Waals surface area contributed by atoms with Gasteiger partial charge < -0.3 is 25.2 Å². The molecule has 8 nitrogen and oxygen atoms in total. The Kier molecular flexibility index (Phi) is 5.40. The van der Waals surface area contributed by atoms with Gasteiger partial charge in [-0.2, -0.15) is 5.43 Å². The van der Waals surface area contributed by atoms with E-state index in [0.717, 1.165) is 0 Å². The molecule has 1 aromatic rings. The predicted octanol–water partition coefficient (Wildman–Crippen LogP) is -1.99. The van der Waals surface area contributed by atoms with Crippen molar-refractivity contribution < 1.29 is 30.0 Å². The summed E-state index contributed by atoms with van der Waals surface area (Å²) in [6.45, 7) is -1.28. The summed E-state index contributed by atoms with van der Waals surface area (Å²) in [6.07, 6.45) is -4.02. The number of hydrazine groups is 1. The van der Waals surface area contributed by atoms with Gasteiger partial charge in [-0.15, -0.1) is 12.6 Å². The van der Waals surface area contributed by atoms with Gasteiger partial charge in [0.15, 0.2) is 5.72 Å². The summed E-state index contributed by atoms with van der Waals surface area (Å²) in [7, 11) is 0. The van der Waals surface area contributed by atoms with Crippen LogP contribution in [0.25, 0.3) is 0 Å². The van der Waals surface area contributed by atoms with Crippen LogP contribution in [0.4, 0.5) is 0 Å². The average molecular weight is 330 g/mol. The fraction of sp³-hybridized carbons (Fsp3) is 0.462. The van der Waals surface area contributed by atoms with Crippen molar-refractivity contribution in [3.05, 3.63) is 29.8 Å². The molecule has 122 valence electrons. The van der Waals surface area contributed by atoms with Crippen molar-refractivity contribution in [1.29, 1.82) is 0 Å². The molecule has 2 rings (SSSR count). The van der Waals surface area contributed by atoms with E-state index in [-0.39, 0.29) is 5.56 Å². The smallest absolute Gasteiger partial charge is 0.266 e. The number of rotatable bonds is 5. The first kappa shape index (κ1) is 17.2. The summed E-state index contributed by atoms with van der Waals surface area (Å²) >= 11 is 4.15. The zero-order chi connectivity index (χ0) is 16.3. The van der Waals surface area contributed by atoms with E-state index in [2.05, 4.69) is 23.5 Å². The van der Waals surface area contributed by atoms with E-state index in [1.807, 2.05) is 0 Å². The van der Waals surface area contributed by atoms with Crippen molar-refractivity contribution in [2.24, 2.45) is 0 Å². The molecule has 1 aromatic carbocycles. The summed E-state index contributed by atoms with van der Waals surface area (Å²) in [5, 5.41) is 38.2. The topological polar surface area (TPSA) is 131 Å². The van der Waals surface area contributed by atoms with Crippen molar-refractivity contribution in [2.45, 2.75) is 28.9 Å². The molecule has 9 heteroatoms. The number of amides is 1. The highest BCUT2D eigenvalue weighted by molar-refractivity contribution is 7.80. The number of hydrogen-bond acceptors (Lipinski definition) is 8. The quantitative estimate of drug-likeness (QED) is 0.246. The van der Waals surface area contributed by atoms with E-state index in [0.29, 0.717) is 4.90 Å². The third-order valence-electron chi connectivity index (χ3n) is 3.49. The Morgan fingerprint density at radius 3 is 2.55 bits per heavy atom. The molecule has 1 amide bonds. The predicted molar refractivity (Wildman–Crippen MR) is 78.1 cm³/mol. The highest BCUT2D eigenvalue weighted by Gasteiger charge is 2.54. The minimum Gasteiger partial charge on any atom is -0.394 e. The molecule has 22 heavy (non-hydrogen) atoms. The maximum absolute atomic E-state index is 12.1. The van der Waals surface area contributed by atoms with Gasteiger partial charge in [0.1, 0.15) is 18.3 Å². The fourth-order valence-corrected chi connectivity index (χ4v) is 2.47. The van der Waals surface area contributed by atoms with Crippen molar-refractivity contribution in [1.82, 2.24) is 10.9 Å². The number of carbonyl (C=O) groups excluding carboxylic acids is 1. The molecule has 0 spiro atoms. The van der Waals surface area contributed by atoms with Crippen LogP contribution in [-0.4, -0.2) is 63.6 Å². The number of benzene rings is 1. The van der Waals surface area contributed by atoms with Gasteiger partial charge >= 0.3 is 0 Å². The monoisotopic (exact) mass is 330 g/mol. The van der Waals surface area contributed by atoms with E-state index in [1.165, 1.54) is 0 Å². The van der Waals surface area contributed by atoms with Gasteiger partial charge in [-0.1, -0.05) is 12.1 Å². The Labute approximate surface area is 132 Å². The molecule has 1 fully saturated rings. The van der Waals surface area contributed by atoms with Crippen LogP contribution in [0.2, 0.25) is 0 Å². The van der Waals surface area contributed by atoms with E-state index >= 15 is 0 Å². The minimum absolute atomic E-state index is 0.276. The molecular weight excluding hydrogens is 312 g/mol. The molecule has 0 radical (unpaired) electrons. The van der Waals surface area contributed by atoms with Crippen LogP contribution >= 0.6 is 12.6 Å². The first-order valence-electron chi connectivity index (χ1n) is 6.56. The molecule has 1 unspecified atom stereocenters. The van der Waals surface area contributed by atoms with Crippen LogP contribution in [0.5, 0.6) is 0 Å². The highest BCUT2D eigenvalue weighted by Crippen LogP contribution is 2.28. The van der Waals surface area contributed by atoms with Crippen LogP contribution < -0.4 is 10.9 Å². The van der Waals surface area contributed by atoms with Crippen LogP contribution in [0, 0.1) is 0 Å².